The number of pyridine rings is 2. The van der Waals surface area contributed by atoms with Crippen molar-refractivity contribution in [3.05, 3.63) is 69.8 Å². The molecule has 118 valence electrons. The van der Waals surface area contributed by atoms with E-state index in [0.717, 1.165) is 27.9 Å². The van der Waals surface area contributed by atoms with Gasteiger partial charge in [-0.2, -0.15) is 0 Å². The summed E-state index contributed by atoms with van der Waals surface area (Å²) in [4.78, 5) is 19.3. The van der Waals surface area contributed by atoms with Gasteiger partial charge in [-0.3, -0.25) is 9.78 Å². The van der Waals surface area contributed by atoms with Crippen LogP contribution in [0.25, 0.3) is 10.9 Å². The first-order chi connectivity index (χ1) is 11.2. The summed E-state index contributed by atoms with van der Waals surface area (Å²) in [6.45, 7) is 3.12. The van der Waals surface area contributed by atoms with Crippen molar-refractivity contribution in [2.45, 2.75) is 20.0 Å². The smallest absolute Gasteiger partial charge is 0.252 e. The summed E-state index contributed by atoms with van der Waals surface area (Å²) in [6.07, 6.45) is 1.85. The number of hydrogen-bond donors (Lipinski definition) is 2. The Kier molecular flexibility index (Phi) is 4.39. The zero-order valence-corrected chi connectivity index (χ0v) is 13.2. The lowest BCUT2D eigenvalue weighted by atomic mass is 10.1. The predicted octanol–water partition coefficient (Wildman–Crippen LogP) is 2.53. The molecule has 0 unspecified atom stereocenters. The number of nitrogens with zero attached hydrogens (tertiary/aromatic N) is 1. The van der Waals surface area contributed by atoms with E-state index < -0.39 is 0 Å². The fourth-order valence-corrected chi connectivity index (χ4v) is 2.43. The molecular formula is C18H19N3O2. The number of benzene rings is 1. The number of methoxy groups -OCH3 is 1. The number of rotatable bonds is 5. The van der Waals surface area contributed by atoms with Gasteiger partial charge in [-0.1, -0.05) is 6.07 Å². The van der Waals surface area contributed by atoms with Gasteiger partial charge in [-0.05, 0) is 42.8 Å². The summed E-state index contributed by atoms with van der Waals surface area (Å²) in [6, 6.07) is 11.5. The van der Waals surface area contributed by atoms with E-state index in [0.29, 0.717) is 18.7 Å². The number of H-pyrrole nitrogens is 1. The maximum absolute atomic E-state index is 12.1. The zero-order chi connectivity index (χ0) is 16.2. The highest BCUT2D eigenvalue weighted by Gasteiger charge is 2.04. The molecule has 3 aromatic rings. The summed E-state index contributed by atoms with van der Waals surface area (Å²) in [7, 11) is 1.63. The summed E-state index contributed by atoms with van der Waals surface area (Å²) in [5.74, 6) is 0.772. The van der Waals surface area contributed by atoms with E-state index in [2.05, 4.69) is 15.3 Å². The van der Waals surface area contributed by atoms with Crippen LogP contribution >= 0.6 is 0 Å². The van der Waals surface area contributed by atoms with Gasteiger partial charge in [0.05, 0.1) is 7.11 Å². The zero-order valence-electron chi connectivity index (χ0n) is 13.2. The lowest BCUT2D eigenvalue weighted by molar-refractivity contribution is 0.415. The van der Waals surface area contributed by atoms with Crippen LogP contribution < -0.4 is 15.6 Å². The molecule has 0 saturated carbocycles. The third kappa shape index (κ3) is 3.57. The fraction of sp³-hybridized carbons (Fsp3) is 0.222. The molecule has 5 heteroatoms. The molecule has 0 aliphatic heterocycles. The normalized spacial score (nSPS) is 10.9. The van der Waals surface area contributed by atoms with Crippen LogP contribution in [0.15, 0.2) is 47.4 Å². The molecule has 1 aromatic carbocycles. The van der Waals surface area contributed by atoms with Gasteiger partial charge >= 0.3 is 0 Å². The lowest BCUT2D eigenvalue weighted by Crippen LogP contribution is -2.20. The summed E-state index contributed by atoms with van der Waals surface area (Å²) in [5.41, 5.74) is 3.52. The van der Waals surface area contributed by atoms with E-state index in [1.807, 2.05) is 49.5 Å². The van der Waals surface area contributed by atoms with Gasteiger partial charge < -0.3 is 15.0 Å². The number of aromatic amines is 1. The molecule has 5 nitrogen and oxygen atoms in total. The van der Waals surface area contributed by atoms with Crippen LogP contribution in [0.5, 0.6) is 5.75 Å². The second kappa shape index (κ2) is 6.62. The molecule has 0 aliphatic carbocycles. The Bertz CT molecular complexity index is 870. The lowest BCUT2D eigenvalue weighted by Gasteiger charge is -2.07. The number of hydrogen-bond acceptors (Lipinski definition) is 4. The first kappa shape index (κ1) is 15.2. The van der Waals surface area contributed by atoms with Crippen LogP contribution in [-0.2, 0) is 13.1 Å². The first-order valence-corrected chi connectivity index (χ1v) is 7.48. The Morgan fingerprint density at radius 3 is 2.78 bits per heavy atom. The van der Waals surface area contributed by atoms with Crippen molar-refractivity contribution in [1.82, 2.24) is 15.3 Å². The molecule has 0 fully saturated rings. The highest BCUT2D eigenvalue weighted by molar-refractivity contribution is 5.80. The van der Waals surface area contributed by atoms with E-state index in [1.165, 1.54) is 0 Å². The molecule has 2 N–H and O–H groups in total. The molecule has 23 heavy (non-hydrogen) atoms. The van der Waals surface area contributed by atoms with Crippen LogP contribution in [0.4, 0.5) is 0 Å². The maximum atomic E-state index is 12.1. The van der Waals surface area contributed by atoms with Crippen LogP contribution in [0, 0.1) is 6.92 Å². The van der Waals surface area contributed by atoms with Gasteiger partial charge in [0.25, 0.3) is 5.56 Å². The minimum Gasteiger partial charge on any atom is -0.497 e. The quantitative estimate of drug-likeness (QED) is 0.760. The third-order valence-electron chi connectivity index (χ3n) is 3.75. The minimum atomic E-state index is -0.0720. The molecule has 3 rings (SSSR count). The number of aryl methyl sites for hydroxylation is 1. The summed E-state index contributed by atoms with van der Waals surface area (Å²) >= 11 is 0. The van der Waals surface area contributed by atoms with Crippen LogP contribution in [-0.4, -0.2) is 17.1 Å². The molecule has 2 aromatic heterocycles. The number of aromatic nitrogens is 2. The minimum absolute atomic E-state index is 0.0720. The molecule has 0 spiro atoms. The van der Waals surface area contributed by atoms with E-state index >= 15 is 0 Å². The van der Waals surface area contributed by atoms with Gasteiger partial charge in [0.15, 0.2) is 0 Å². The van der Waals surface area contributed by atoms with Crippen molar-refractivity contribution in [3.8, 4) is 5.75 Å². The van der Waals surface area contributed by atoms with Gasteiger partial charge in [0.2, 0.25) is 0 Å². The highest BCUT2D eigenvalue weighted by atomic mass is 16.5. The van der Waals surface area contributed by atoms with Crippen LogP contribution in [0.3, 0.4) is 0 Å². The molecule has 0 amide bonds. The van der Waals surface area contributed by atoms with Crippen molar-refractivity contribution in [1.29, 1.82) is 0 Å². The molecule has 0 saturated heterocycles. The van der Waals surface area contributed by atoms with Gasteiger partial charge in [-0.15, -0.1) is 0 Å². The average molecular weight is 309 g/mol. The van der Waals surface area contributed by atoms with Gasteiger partial charge in [0.1, 0.15) is 5.75 Å². The third-order valence-corrected chi connectivity index (χ3v) is 3.75. The molecule has 2 heterocycles. The second-order valence-electron chi connectivity index (χ2n) is 5.49. The average Bonchev–Trinajstić information content (AvgIpc) is 2.56. The Balaban J connectivity index is 1.75. The van der Waals surface area contributed by atoms with Gasteiger partial charge in [-0.25, -0.2) is 0 Å². The summed E-state index contributed by atoms with van der Waals surface area (Å²) < 4.78 is 5.23. The number of nitrogens with one attached hydrogen (secondary N) is 2. The van der Waals surface area contributed by atoms with E-state index in [4.69, 9.17) is 4.74 Å². The second-order valence-corrected chi connectivity index (χ2v) is 5.49. The van der Waals surface area contributed by atoms with Crippen molar-refractivity contribution in [2.75, 3.05) is 7.11 Å². The Morgan fingerprint density at radius 2 is 2.04 bits per heavy atom. The van der Waals surface area contributed by atoms with Crippen molar-refractivity contribution >= 4 is 10.9 Å². The molecule has 0 bridgehead atoms. The van der Waals surface area contributed by atoms with E-state index in [-0.39, 0.29) is 5.56 Å². The molecule has 0 radical (unpaired) electrons. The van der Waals surface area contributed by atoms with Crippen molar-refractivity contribution in [2.24, 2.45) is 0 Å². The summed E-state index contributed by atoms with van der Waals surface area (Å²) in [5, 5.41) is 4.24. The van der Waals surface area contributed by atoms with Gasteiger partial charge in [0, 0.05) is 41.4 Å². The topological polar surface area (TPSA) is 67.0 Å². The molecular weight excluding hydrogens is 290 g/mol. The largest absolute Gasteiger partial charge is 0.497 e. The predicted molar refractivity (Wildman–Crippen MR) is 90.6 cm³/mol. The van der Waals surface area contributed by atoms with Crippen LogP contribution in [0.2, 0.25) is 0 Å². The molecule has 0 atom stereocenters. The van der Waals surface area contributed by atoms with Crippen molar-refractivity contribution < 1.29 is 4.74 Å². The number of fused-ring (bicyclic) bond motifs is 1. The Hall–Kier alpha value is -2.66. The number of ether oxygens (including phenoxy) is 1. The SMILES string of the molecule is COc1ccc2[nH]c(=O)c(CNCc3ccc(C)nc3)cc2c1. The molecule has 0 aliphatic rings. The monoisotopic (exact) mass is 309 g/mol. The standard InChI is InChI=1S/C18H19N3O2/c1-12-3-4-13(10-20-12)9-19-11-15-7-14-8-16(23-2)5-6-17(14)21-18(15)22/h3-8,10,19H,9,11H2,1-2H3,(H,21,22). The Labute approximate surface area is 134 Å². The van der Waals surface area contributed by atoms with Crippen molar-refractivity contribution in [3.63, 3.8) is 0 Å². The fourth-order valence-electron chi connectivity index (χ4n) is 2.43. The highest BCUT2D eigenvalue weighted by Crippen LogP contribution is 2.18. The maximum Gasteiger partial charge on any atom is 0.252 e. The first-order valence-electron chi connectivity index (χ1n) is 7.48. The van der Waals surface area contributed by atoms with E-state index in [1.54, 1.807) is 7.11 Å². The van der Waals surface area contributed by atoms with Crippen LogP contribution in [0.1, 0.15) is 16.8 Å². The Morgan fingerprint density at radius 1 is 1.17 bits per heavy atom. The van der Waals surface area contributed by atoms with E-state index in [9.17, 15) is 4.79 Å².